The predicted octanol–water partition coefficient (Wildman–Crippen LogP) is 1.34. The molecule has 1 aromatic heterocycles. The van der Waals surface area contributed by atoms with Crippen molar-refractivity contribution in [3.05, 3.63) is 12.4 Å². The van der Waals surface area contributed by atoms with Crippen LogP contribution in [0.25, 0.3) is 0 Å². The Morgan fingerprint density at radius 3 is 3.25 bits per heavy atom. The maximum absolute atomic E-state index is 9.04. The second-order valence-electron chi connectivity index (χ2n) is 3.15. The average Bonchev–Trinajstić information content (AvgIpc) is 2.63. The van der Waals surface area contributed by atoms with Crippen molar-refractivity contribution in [2.75, 3.05) is 11.5 Å². The van der Waals surface area contributed by atoms with Crippen LogP contribution in [0.15, 0.2) is 12.4 Å². The van der Waals surface area contributed by atoms with Gasteiger partial charge in [0.2, 0.25) is 0 Å². The third-order valence-electron chi connectivity index (χ3n) is 2.09. The lowest BCUT2D eigenvalue weighted by molar-refractivity contribution is 0.450. The number of nitrogens with zero attached hydrogens (tertiary/aromatic N) is 2. The summed E-state index contributed by atoms with van der Waals surface area (Å²) in [7, 11) is 0. The van der Waals surface area contributed by atoms with Crippen molar-refractivity contribution in [1.29, 1.82) is 0 Å². The van der Waals surface area contributed by atoms with Crippen molar-refractivity contribution in [2.45, 2.75) is 13.0 Å². The molecule has 1 saturated heterocycles. The molecule has 0 radical (unpaired) electrons. The summed E-state index contributed by atoms with van der Waals surface area (Å²) in [4.78, 5) is 0. The highest BCUT2D eigenvalue weighted by Crippen LogP contribution is 2.24. The fraction of sp³-hybridized carbons (Fsp3) is 0.625. The molecule has 1 aliphatic heterocycles. The lowest BCUT2D eigenvalue weighted by Crippen LogP contribution is -2.09. The lowest BCUT2D eigenvalue weighted by atomic mass is 10.1. The van der Waals surface area contributed by atoms with E-state index in [2.05, 4.69) is 5.10 Å². The van der Waals surface area contributed by atoms with E-state index in [1.165, 1.54) is 24.1 Å². The number of aromatic nitrogens is 2. The molecule has 2 heterocycles. The Morgan fingerprint density at radius 1 is 1.75 bits per heavy atom. The van der Waals surface area contributed by atoms with Gasteiger partial charge in [-0.2, -0.15) is 16.9 Å². The molecular weight excluding hydrogens is 172 g/mol. The Kier molecular flexibility index (Phi) is 2.26. The van der Waals surface area contributed by atoms with E-state index >= 15 is 0 Å². The SMILES string of the molecule is Oc1cnn(CC2CCSC2)c1. The first-order valence-electron chi connectivity index (χ1n) is 4.14. The Morgan fingerprint density at radius 2 is 2.67 bits per heavy atom. The summed E-state index contributed by atoms with van der Waals surface area (Å²) in [5, 5.41) is 13.1. The molecule has 1 unspecified atom stereocenters. The molecule has 1 atom stereocenters. The van der Waals surface area contributed by atoms with E-state index < -0.39 is 0 Å². The van der Waals surface area contributed by atoms with Crippen LogP contribution in [-0.4, -0.2) is 26.4 Å². The summed E-state index contributed by atoms with van der Waals surface area (Å²) in [6, 6.07) is 0. The minimum atomic E-state index is 0.264. The van der Waals surface area contributed by atoms with Crippen LogP contribution in [0.1, 0.15) is 6.42 Å². The quantitative estimate of drug-likeness (QED) is 0.753. The number of thioether (sulfide) groups is 1. The van der Waals surface area contributed by atoms with E-state index in [4.69, 9.17) is 5.11 Å². The van der Waals surface area contributed by atoms with Crippen LogP contribution in [0.3, 0.4) is 0 Å². The molecule has 0 spiro atoms. The second kappa shape index (κ2) is 3.39. The largest absolute Gasteiger partial charge is 0.505 e. The Bertz CT molecular complexity index is 255. The summed E-state index contributed by atoms with van der Waals surface area (Å²) in [5.41, 5.74) is 0. The molecular formula is C8H12N2OS. The zero-order chi connectivity index (χ0) is 8.39. The summed E-state index contributed by atoms with van der Waals surface area (Å²) < 4.78 is 1.83. The van der Waals surface area contributed by atoms with Gasteiger partial charge in [0.25, 0.3) is 0 Å². The van der Waals surface area contributed by atoms with Gasteiger partial charge in [-0.1, -0.05) is 0 Å². The van der Waals surface area contributed by atoms with E-state index in [1.807, 2.05) is 16.4 Å². The standard InChI is InChI=1S/C8H12N2OS/c11-8-3-9-10(5-8)4-7-1-2-12-6-7/h3,5,7,11H,1-2,4,6H2. The highest BCUT2D eigenvalue weighted by Gasteiger charge is 2.15. The van der Waals surface area contributed by atoms with Gasteiger partial charge in [-0.3, -0.25) is 4.68 Å². The van der Waals surface area contributed by atoms with Crippen LogP contribution in [0.4, 0.5) is 0 Å². The molecule has 66 valence electrons. The molecule has 12 heavy (non-hydrogen) atoms. The van der Waals surface area contributed by atoms with Gasteiger partial charge in [0.05, 0.1) is 12.4 Å². The van der Waals surface area contributed by atoms with E-state index in [9.17, 15) is 0 Å². The molecule has 1 N–H and O–H groups in total. The van der Waals surface area contributed by atoms with Crippen molar-refractivity contribution in [3.63, 3.8) is 0 Å². The zero-order valence-corrected chi connectivity index (χ0v) is 7.63. The molecule has 0 aromatic carbocycles. The molecule has 0 aliphatic carbocycles. The summed E-state index contributed by atoms with van der Waals surface area (Å²) in [6.07, 6.45) is 4.45. The lowest BCUT2D eigenvalue weighted by Gasteiger charge is -2.06. The number of rotatable bonds is 2. The summed E-state index contributed by atoms with van der Waals surface area (Å²) in [6.45, 7) is 0.952. The third kappa shape index (κ3) is 1.75. The minimum absolute atomic E-state index is 0.264. The predicted molar refractivity (Wildman–Crippen MR) is 49.3 cm³/mol. The maximum atomic E-state index is 9.04. The molecule has 2 rings (SSSR count). The van der Waals surface area contributed by atoms with Gasteiger partial charge in [-0.05, 0) is 23.8 Å². The van der Waals surface area contributed by atoms with Crippen molar-refractivity contribution in [3.8, 4) is 5.75 Å². The highest BCUT2D eigenvalue weighted by atomic mass is 32.2. The third-order valence-corrected chi connectivity index (χ3v) is 3.32. The van der Waals surface area contributed by atoms with E-state index in [1.54, 1.807) is 6.20 Å². The van der Waals surface area contributed by atoms with Gasteiger partial charge in [-0.15, -0.1) is 0 Å². The van der Waals surface area contributed by atoms with Gasteiger partial charge in [0.1, 0.15) is 0 Å². The van der Waals surface area contributed by atoms with Crippen molar-refractivity contribution in [2.24, 2.45) is 5.92 Å². The van der Waals surface area contributed by atoms with Crippen molar-refractivity contribution in [1.82, 2.24) is 9.78 Å². The van der Waals surface area contributed by atoms with Gasteiger partial charge >= 0.3 is 0 Å². The molecule has 0 amide bonds. The first kappa shape index (κ1) is 7.98. The molecule has 1 aliphatic rings. The van der Waals surface area contributed by atoms with E-state index in [0.717, 1.165) is 12.5 Å². The highest BCUT2D eigenvalue weighted by molar-refractivity contribution is 7.99. The van der Waals surface area contributed by atoms with E-state index in [-0.39, 0.29) is 5.75 Å². The summed E-state index contributed by atoms with van der Waals surface area (Å²) in [5.74, 6) is 3.52. The molecule has 0 saturated carbocycles. The fourth-order valence-corrected chi connectivity index (χ4v) is 2.72. The minimum Gasteiger partial charge on any atom is -0.505 e. The first-order chi connectivity index (χ1) is 5.84. The van der Waals surface area contributed by atoms with Crippen LogP contribution in [0, 0.1) is 5.92 Å². The molecule has 1 aromatic rings. The Balaban J connectivity index is 1.94. The maximum Gasteiger partial charge on any atom is 0.153 e. The normalized spacial score (nSPS) is 23.2. The number of aromatic hydroxyl groups is 1. The molecule has 4 heteroatoms. The van der Waals surface area contributed by atoms with Crippen molar-refractivity contribution >= 4 is 11.8 Å². The van der Waals surface area contributed by atoms with Crippen LogP contribution in [-0.2, 0) is 6.54 Å². The first-order valence-corrected chi connectivity index (χ1v) is 5.29. The summed E-state index contributed by atoms with van der Waals surface area (Å²) >= 11 is 2.00. The Labute approximate surface area is 75.8 Å². The molecule has 0 bridgehead atoms. The molecule has 1 fully saturated rings. The number of hydrogen-bond acceptors (Lipinski definition) is 3. The Hall–Kier alpha value is -0.640. The number of hydrogen-bond donors (Lipinski definition) is 1. The van der Waals surface area contributed by atoms with Gasteiger partial charge < -0.3 is 5.11 Å². The zero-order valence-electron chi connectivity index (χ0n) is 6.81. The topological polar surface area (TPSA) is 38.1 Å². The van der Waals surface area contributed by atoms with Gasteiger partial charge in [0.15, 0.2) is 5.75 Å². The van der Waals surface area contributed by atoms with Gasteiger partial charge in [-0.25, -0.2) is 0 Å². The monoisotopic (exact) mass is 184 g/mol. The van der Waals surface area contributed by atoms with Crippen molar-refractivity contribution < 1.29 is 5.11 Å². The van der Waals surface area contributed by atoms with Crippen LogP contribution in [0.2, 0.25) is 0 Å². The smallest absolute Gasteiger partial charge is 0.153 e. The fourth-order valence-electron chi connectivity index (χ4n) is 1.44. The van der Waals surface area contributed by atoms with Crippen LogP contribution in [0.5, 0.6) is 5.75 Å². The van der Waals surface area contributed by atoms with Crippen LogP contribution >= 0.6 is 11.8 Å². The average molecular weight is 184 g/mol. The second-order valence-corrected chi connectivity index (χ2v) is 4.30. The van der Waals surface area contributed by atoms with E-state index in [0.29, 0.717) is 0 Å². The van der Waals surface area contributed by atoms with Crippen LogP contribution < -0.4 is 0 Å². The van der Waals surface area contributed by atoms with Gasteiger partial charge in [0, 0.05) is 6.54 Å². The molecule has 3 nitrogen and oxygen atoms in total.